The van der Waals surface area contributed by atoms with Crippen LogP contribution in [0, 0.1) is 11.8 Å². The summed E-state index contributed by atoms with van der Waals surface area (Å²) in [6.45, 7) is 4.13. The molecule has 0 aliphatic carbocycles. The van der Waals surface area contributed by atoms with E-state index in [1.54, 1.807) is 0 Å². The Labute approximate surface area is 90.8 Å². The number of rotatable bonds is 4. The Bertz CT molecular complexity index is 253. The molecule has 3 atom stereocenters. The van der Waals surface area contributed by atoms with Crippen LogP contribution in [0.15, 0.2) is 0 Å². The van der Waals surface area contributed by atoms with E-state index in [-0.39, 0.29) is 18.7 Å². The summed E-state index contributed by atoms with van der Waals surface area (Å²) >= 11 is 0. The number of hydrogen-bond donors (Lipinski definition) is 2. The SMILES string of the molecule is BC1CC(C(C)C)C(COP(=O)(O)O)O1. The van der Waals surface area contributed by atoms with E-state index in [2.05, 4.69) is 18.4 Å². The molecule has 0 aromatic heterocycles. The van der Waals surface area contributed by atoms with Crippen molar-refractivity contribution < 1.29 is 23.6 Å². The number of phosphoric acid groups is 1. The molecule has 15 heavy (non-hydrogen) atoms. The predicted octanol–water partition coefficient (Wildman–Crippen LogP) is 0.116. The Morgan fingerprint density at radius 1 is 1.60 bits per heavy atom. The zero-order valence-corrected chi connectivity index (χ0v) is 10.2. The van der Waals surface area contributed by atoms with Crippen LogP contribution in [-0.4, -0.2) is 36.3 Å². The predicted molar refractivity (Wildman–Crippen MR) is 58.1 cm³/mol. The van der Waals surface area contributed by atoms with E-state index >= 15 is 0 Å². The van der Waals surface area contributed by atoms with Crippen molar-refractivity contribution in [1.82, 2.24) is 0 Å². The second-order valence-corrected chi connectivity index (χ2v) is 5.65. The third-order valence-electron chi connectivity index (χ3n) is 2.75. The molecule has 88 valence electrons. The van der Waals surface area contributed by atoms with Gasteiger partial charge in [0.15, 0.2) is 0 Å². The molecule has 1 aliphatic heterocycles. The van der Waals surface area contributed by atoms with E-state index in [4.69, 9.17) is 14.5 Å². The highest BCUT2D eigenvalue weighted by Gasteiger charge is 2.36. The van der Waals surface area contributed by atoms with Crippen LogP contribution in [0.3, 0.4) is 0 Å². The van der Waals surface area contributed by atoms with Gasteiger partial charge in [-0.3, -0.25) is 4.52 Å². The van der Waals surface area contributed by atoms with Crippen LogP contribution in [0.5, 0.6) is 0 Å². The normalized spacial score (nSPS) is 32.5. The fourth-order valence-corrected chi connectivity index (χ4v) is 2.37. The summed E-state index contributed by atoms with van der Waals surface area (Å²) in [5, 5.41) is 0. The molecular formula is C8H18BO5P. The van der Waals surface area contributed by atoms with Crippen LogP contribution in [0.2, 0.25) is 0 Å². The summed E-state index contributed by atoms with van der Waals surface area (Å²) < 4.78 is 20.6. The molecule has 0 aromatic rings. The van der Waals surface area contributed by atoms with Crippen molar-refractivity contribution in [3.63, 3.8) is 0 Å². The quantitative estimate of drug-likeness (QED) is 0.535. The molecule has 1 fully saturated rings. The Hall–Kier alpha value is 0.135. The van der Waals surface area contributed by atoms with Gasteiger partial charge in [-0.1, -0.05) is 13.8 Å². The third kappa shape index (κ3) is 4.25. The van der Waals surface area contributed by atoms with E-state index in [0.717, 1.165) is 6.42 Å². The Kier molecular flexibility index (Phi) is 4.38. The molecule has 0 saturated carbocycles. The van der Waals surface area contributed by atoms with Gasteiger partial charge in [0.25, 0.3) is 0 Å². The second kappa shape index (κ2) is 4.98. The maximum absolute atomic E-state index is 10.6. The molecule has 1 saturated heterocycles. The molecule has 0 bridgehead atoms. The summed E-state index contributed by atoms with van der Waals surface area (Å²) in [4.78, 5) is 17.2. The lowest BCUT2D eigenvalue weighted by atomic mass is 9.84. The van der Waals surface area contributed by atoms with Crippen LogP contribution < -0.4 is 0 Å². The van der Waals surface area contributed by atoms with Crippen molar-refractivity contribution in [3.05, 3.63) is 0 Å². The summed E-state index contributed by atoms with van der Waals surface area (Å²) in [7, 11) is -2.41. The molecular weight excluding hydrogens is 218 g/mol. The van der Waals surface area contributed by atoms with Crippen LogP contribution in [0.1, 0.15) is 20.3 Å². The first kappa shape index (κ1) is 13.2. The monoisotopic (exact) mass is 236 g/mol. The zero-order chi connectivity index (χ0) is 11.6. The van der Waals surface area contributed by atoms with Crippen molar-refractivity contribution in [2.45, 2.75) is 32.4 Å². The lowest BCUT2D eigenvalue weighted by molar-refractivity contribution is 0.0174. The Morgan fingerprint density at radius 3 is 2.67 bits per heavy atom. The van der Waals surface area contributed by atoms with Crippen LogP contribution in [0.4, 0.5) is 0 Å². The minimum absolute atomic E-state index is 0.0303. The van der Waals surface area contributed by atoms with Crippen LogP contribution in [-0.2, 0) is 13.8 Å². The molecule has 1 aliphatic rings. The highest BCUT2D eigenvalue weighted by Crippen LogP contribution is 2.39. The van der Waals surface area contributed by atoms with Crippen LogP contribution >= 0.6 is 7.82 Å². The van der Waals surface area contributed by atoms with E-state index in [1.807, 2.05) is 7.85 Å². The Balaban J connectivity index is 2.49. The fourth-order valence-electron chi connectivity index (χ4n) is 2.02. The molecule has 0 spiro atoms. The van der Waals surface area contributed by atoms with Gasteiger partial charge in [0.1, 0.15) is 7.85 Å². The van der Waals surface area contributed by atoms with Crippen molar-refractivity contribution in [2.24, 2.45) is 11.8 Å². The van der Waals surface area contributed by atoms with Gasteiger partial charge >= 0.3 is 7.82 Å². The molecule has 5 nitrogen and oxygen atoms in total. The fraction of sp³-hybridized carbons (Fsp3) is 1.00. The van der Waals surface area contributed by atoms with Crippen molar-refractivity contribution in [3.8, 4) is 0 Å². The van der Waals surface area contributed by atoms with Crippen molar-refractivity contribution >= 4 is 15.7 Å². The third-order valence-corrected chi connectivity index (χ3v) is 3.24. The zero-order valence-electron chi connectivity index (χ0n) is 9.29. The number of phosphoric ester groups is 1. The lowest BCUT2D eigenvalue weighted by Gasteiger charge is -2.21. The first-order valence-electron chi connectivity index (χ1n) is 5.15. The number of hydrogen-bond acceptors (Lipinski definition) is 3. The summed E-state index contributed by atoms with van der Waals surface area (Å²) in [6.07, 6.45) is 0.722. The summed E-state index contributed by atoms with van der Waals surface area (Å²) in [5.74, 6) is 0.742. The van der Waals surface area contributed by atoms with Crippen molar-refractivity contribution in [2.75, 3.05) is 6.61 Å². The topological polar surface area (TPSA) is 76.0 Å². The number of ether oxygens (including phenoxy) is 1. The van der Waals surface area contributed by atoms with Gasteiger partial charge in [-0.15, -0.1) is 0 Å². The van der Waals surface area contributed by atoms with Gasteiger partial charge in [0.2, 0.25) is 0 Å². The molecule has 0 amide bonds. The standard InChI is InChI=1S/C8H18BO5P/c1-5(2)6-3-8(9)14-7(6)4-13-15(10,11)12/h5-8H,3-4,9H2,1-2H3,(H2,10,11,12). The molecule has 0 aromatic carbocycles. The van der Waals surface area contributed by atoms with Crippen LogP contribution in [0.25, 0.3) is 0 Å². The van der Waals surface area contributed by atoms with E-state index in [0.29, 0.717) is 11.8 Å². The van der Waals surface area contributed by atoms with E-state index in [9.17, 15) is 4.57 Å². The van der Waals surface area contributed by atoms with E-state index in [1.165, 1.54) is 0 Å². The minimum atomic E-state index is -4.37. The summed E-state index contributed by atoms with van der Waals surface area (Å²) in [6, 6.07) is 0.141. The largest absolute Gasteiger partial charge is 0.469 e. The molecule has 0 radical (unpaired) electrons. The molecule has 3 unspecified atom stereocenters. The van der Waals surface area contributed by atoms with Gasteiger partial charge in [0.05, 0.1) is 12.7 Å². The van der Waals surface area contributed by atoms with Gasteiger partial charge < -0.3 is 14.5 Å². The molecule has 1 rings (SSSR count). The van der Waals surface area contributed by atoms with Crippen molar-refractivity contribution in [1.29, 1.82) is 0 Å². The highest BCUT2D eigenvalue weighted by atomic mass is 31.2. The maximum Gasteiger partial charge on any atom is 0.469 e. The second-order valence-electron chi connectivity index (χ2n) is 4.42. The summed E-state index contributed by atoms with van der Waals surface area (Å²) in [5.41, 5.74) is 0. The van der Waals surface area contributed by atoms with E-state index < -0.39 is 7.82 Å². The van der Waals surface area contributed by atoms with Gasteiger partial charge in [0, 0.05) is 6.00 Å². The first-order valence-corrected chi connectivity index (χ1v) is 6.68. The molecule has 7 heteroatoms. The molecule has 1 heterocycles. The minimum Gasteiger partial charge on any atom is -0.381 e. The van der Waals surface area contributed by atoms with Gasteiger partial charge in [-0.25, -0.2) is 4.57 Å². The smallest absolute Gasteiger partial charge is 0.381 e. The Morgan fingerprint density at radius 2 is 2.20 bits per heavy atom. The van der Waals surface area contributed by atoms with Gasteiger partial charge in [-0.2, -0.15) is 0 Å². The highest BCUT2D eigenvalue weighted by molar-refractivity contribution is 7.46. The first-order chi connectivity index (χ1) is 6.79. The molecule has 2 N–H and O–H groups in total. The van der Waals surface area contributed by atoms with Gasteiger partial charge in [-0.05, 0) is 18.3 Å². The lowest BCUT2D eigenvalue weighted by Crippen LogP contribution is -2.25. The average molecular weight is 236 g/mol. The maximum atomic E-state index is 10.6. The average Bonchev–Trinajstić information content (AvgIpc) is 2.42.